The first-order valence-electron chi connectivity index (χ1n) is 12.6. The number of aromatic amines is 1. The molecule has 1 aromatic heterocycles. The van der Waals surface area contributed by atoms with Gasteiger partial charge in [0.1, 0.15) is 18.1 Å². The van der Waals surface area contributed by atoms with Gasteiger partial charge in [-0.05, 0) is 37.0 Å². The van der Waals surface area contributed by atoms with Crippen LogP contribution in [0.2, 0.25) is 0 Å². The van der Waals surface area contributed by atoms with E-state index in [0.717, 1.165) is 4.57 Å². The van der Waals surface area contributed by atoms with Gasteiger partial charge in [0.25, 0.3) is 5.56 Å². The second-order valence-electron chi connectivity index (χ2n) is 9.45. The molecule has 0 bridgehead atoms. The topological polar surface area (TPSA) is 185 Å². The first-order valence-corrected chi connectivity index (χ1v) is 12.6. The number of primary amides is 1. The Morgan fingerprint density at radius 3 is 2.44 bits per heavy atom. The molecule has 1 saturated heterocycles. The lowest BCUT2D eigenvalue weighted by Crippen LogP contribution is -2.53. The summed E-state index contributed by atoms with van der Waals surface area (Å²) in [4.78, 5) is 80.4. The smallest absolute Gasteiger partial charge is 0.329 e. The van der Waals surface area contributed by atoms with E-state index >= 15 is 0 Å². The van der Waals surface area contributed by atoms with E-state index in [-0.39, 0.29) is 37.6 Å². The minimum absolute atomic E-state index is 0.0161. The van der Waals surface area contributed by atoms with Crippen molar-refractivity contribution in [2.24, 2.45) is 5.73 Å². The van der Waals surface area contributed by atoms with Gasteiger partial charge in [-0.15, -0.1) is 0 Å². The summed E-state index contributed by atoms with van der Waals surface area (Å²) in [6, 6.07) is 11.7. The lowest BCUT2D eigenvalue weighted by atomic mass is 10.0. The summed E-state index contributed by atoms with van der Waals surface area (Å²) < 4.78 is 0.887. The van der Waals surface area contributed by atoms with E-state index in [1.807, 2.05) is 0 Å². The minimum atomic E-state index is -1.37. The van der Waals surface area contributed by atoms with E-state index in [1.165, 1.54) is 4.90 Å². The van der Waals surface area contributed by atoms with Crippen LogP contribution in [-0.2, 0) is 25.6 Å². The van der Waals surface area contributed by atoms with Crippen molar-refractivity contribution in [3.05, 3.63) is 81.0 Å². The molecule has 4 rings (SSSR count). The Hall–Kier alpha value is -4.74. The van der Waals surface area contributed by atoms with Crippen LogP contribution in [0.3, 0.4) is 0 Å². The quantitative estimate of drug-likeness (QED) is 0.287. The normalized spacial score (nSPS) is 16.5. The number of carboxylic acid groups (broad SMARTS) is 1. The SMILES string of the molecule is NC(=O)CCC(NC(=O)C1CCCN1C(=O)C(Cc1ccccc1)n1c(=O)[nH]c2ccccc2c1=O)C(=O)O. The Kier molecular flexibility index (Phi) is 8.23. The Bertz CT molecular complexity index is 1510. The number of hydrogen-bond acceptors (Lipinski definition) is 6. The number of carbonyl (C=O) groups is 4. The molecule has 2 aromatic carbocycles. The largest absolute Gasteiger partial charge is 0.480 e. The molecular formula is C27H29N5O7. The molecule has 39 heavy (non-hydrogen) atoms. The van der Waals surface area contributed by atoms with Crippen LogP contribution >= 0.6 is 0 Å². The van der Waals surface area contributed by atoms with Gasteiger partial charge in [-0.25, -0.2) is 14.2 Å². The molecule has 3 amide bonds. The highest BCUT2D eigenvalue weighted by atomic mass is 16.4. The molecule has 0 spiro atoms. The number of carboxylic acids is 1. The highest BCUT2D eigenvalue weighted by molar-refractivity contribution is 5.92. The molecule has 5 N–H and O–H groups in total. The lowest BCUT2D eigenvalue weighted by Gasteiger charge is -2.29. The summed E-state index contributed by atoms with van der Waals surface area (Å²) in [5.74, 6) is -3.35. The molecule has 0 saturated carbocycles. The molecule has 3 unspecified atom stereocenters. The number of benzene rings is 2. The van der Waals surface area contributed by atoms with Crippen LogP contribution in [0.5, 0.6) is 0 Å². The Morgan fingerprint density at radius 2 is 1.74 bits per heavy atom. The maximum Gasteiger partial charge on any atom is 0.329 e. The number of para-hydroxylation sites is 1. The first-order chi connectivity index (χ1) is 18.7. The molecule has 1 fully saturated rings. The van der Waals surface area contributed by atoms with Crippen LogP contribution in [0.15, 0.2) is 64.2 Å². The predicted octanol–water partition coefficient (Wildman–Crippen LogP) is 0.300. The summed E-state index contributed by atoms with van der Waals surface area (Å²) >= 11 is 0. The van der Waals surface area contributed by atoms with Crippen LogP contribution in [0.25, 0.3) is 10.9 Å². The van der Waals surface area contributed by atoms with Gasteiger partial charge in [0.15, 0.2) is 0 Å². The standard InChI is InChI=1S/C27H29N5O7/c28-22(33)13-12-19(26(37)38)29-23(34)20-11-6-14-31(20)25(36)21(15-16-7-2-1-3-8-16)32-24(35)17-9-4-5-10-18(17)30-27(32)39/h1-5,7-10,19-21H,6,11-15H2,(H2,28,33)(H,29,34)(H,30,39)(H,37,38). The van der Waals surface area contributed by atoms with Gasteiger partial charge in [0, 0.05) is 19.4 Å². The number of aromatic nitrogens is 2. The van der Waals surface area contributed by atoms with Gasteiger partial charge < -0.3 is 26.0 Å². The number of likely N-dealkylation sites (tertiary alicyclic amines) is 1. The van der Waals surface area contributed by atoms with Gasteiger partial charge >= 0.3 is 11.7 Å². The third kappa shape index (κ3) is 6.06. The number of nitrogens with zero attached hydrogens (tertiary/aromatic N) is 2. The maximum atomic E-state index is 14.0. The molecule has 0 radical (unpaired) electrons. The van der Waals surface area contributed by atoms with Crippen molar-refractivity contribution in [3.63, 3.8) is 0 Å². The molecular weight excluding hydrogens is 506 g/mol. The number of carbonyl (C=O) groups excluding carboxylic acids is 3. The van der Waals surface area contributed by atoms with Crippen LogP contribution in [0.1, 0.15) is 37.3 Å². The Balaban J connectivity index is 1.68. The fraction of sp³-hybridized carbons (Fsp3) is 0.333. The molecule has 3 atom stereocenters. The number of hydrogen-bond donors (Lipinski definition) is 4. The van der Waals surface area contributed by atoms with E-state index < -0.39 is 53.1 Å². The number of nitrogens with one attached hydrogen (secondary N) is 2. The Labute approximate surface area is 222 Å². The summed E-state index contributed by atoms with van der Waals surface area (Å²) in [6.07, 6.45) is 0.305. The Morgan fingerprint density at radius 1 is 1.05 bits per heavy atom. The summed E-state index contributed by atoms with van der Waals surface area (Å²) in [5.41, 5.74) is 4.76. The molecule has 2 heterocycles. The molecule has 12 nitrogen and oxygen atoms in total. The zero-order chi connectivity index (χ0) is 28.1. The number of amides is 3. The lowest BCUT2D eigenvalue weighted by molar-refractivity contribution is -0.145. The minimum Gasteiger partial charge on any atom is -0.480 e. The fourth-order valence-electron chi connectivity index (χ4n) is 4.89. The van der Waals surface area contributed by atoms with E-state index in [4.69, 9.17) is 5.73 Å². The summed E-state index contributed by atoms with van der Waals surface area (Å²) in [7, 11) is 0. The van der Waals surface area contributed by atoms with Gasteiger partial charge in [-0.1, -0.05) is 42.5 Å². The number of rotatable bonds is 10. The predicted molar refractivity (Wildman–Crippen MR) is 141 cm³/mol. The first kappa shape index (κ1) is 27.3. The van der Waals surface area contributed by atoms with E-state index in [2.05, 4.69) is 10.3 Å². The highest BCUT2D eigenvalue weighted by Gasteiger charge is 2.40. The van der Waals surface area contributed by atoms with Crippen molar-refractivity contribution >= 4 is 34.6 Å². The maximum absolute atomic E-state index is 14.0. The van der Waals surface area contributed by atoms with Crippen LogP contribution in [0.4, 0.5) is 0 Å². The van der Waals surface area contributed by atoms with Gasteiger partial charge in [-0.3, -0.25) is 19.2 Å². The fourth-order valence-corrected chi connectivity index (χ4v) is 4.89. The van der Waals surface area contributed by atoms with Gasteiger partial charge in [-0.2, -0.15) is 0 Å². The molecule has 204 valence electrons. The van der Waals surface area contributed by atoms with Crippen molar-refractivity contribution in [3.8, 4) is 0 Å². The third-order valence-corrected chi connectivity index (χ3v) is 6.84. The average molecular weight is 536 g/mol. The highest BCUT2D eigenvalue weighted by Crippen LogP contribution is 2.24. The number of aliphatic carboxylic acids is 1. The van der Waals surface area contributed by atoms with Crippen LogP contribution < -0.4 is 22.3 Å². The third-order valence-electron chi connectivity index (χ3n) is 6.84. The van der Waals surface area contributed by atoms with Crippen molar-refractivity contribution in [2.45, 2.75) is 50.2 Å². The van der Waals surface area contributed by atoms with Crippen LogP contribution in [-0.4, -0.2) is 61.9 Å². The van der Waals surface area contributed by atoms with Crippen molar-refractivity contribution in [2.75, 3.05) is 6.54 Å². The van der Waals surface area contributed by atoms with Crippen molar-refractivity contribution in [1.82, 2.24) is 19.8 Å². The molecule has 1 aliphatic rings. The number of nitrogens with two attached hydrogens (primary N) is 1. The number of H-pyrrole nitrogens is 1. The van der Waals surface area contributed by atoms with Crippen LogP contribution in [0, 0.1) is 0 Å². The second kappa shape index (κ2) is 11.8. The molecule has 3 aromatic rings. The average Bonchev–Trinajstić information content (AvgIpc) is 3.40. The molecule has 1 aliphatic heterocycles. The summed E-state index contributed by atoms with van der Waals surface area (Å²) in [5, 5.41) is 12.1. The van der Waals surface area contributed by atoms with Gasteiger partial charge in [0.05, 0.1) is 10.9 Å². The second-order valence-corrected chi connectivity index (χ2v) is 9.45. The number of fused-ring (bicyclic) bond motifs is 1. The molecule has 12 heteroatoms. The molecule has 0 aliphatic carbocycles. The van der Waals surface area contributed by atoms with E-state index in [1.54, 1.807) is 54.6 Å². The zero-order valence-electron chi connectivity index (χ0n) is 21.0. The van der Waals surface area contributed by atoms with Gasteiger partial charge in [0.2, 0.25) is 17.7 Å². The zero-order valence-corrected chi connectivity index (χ0v) is 21.0. The van der Waals surface area contributed by atoms with Crippen molar-refractivity contribution in [1.29, 1.82) is 0 Å². The summed E-state index contributed by atoms with van der Waals surface area (Å²) in [6.45, 7) is 0.182. The van der Waals surface area contributed by atoms with Crippen molar-refractivity contribution < 1.29 is 24.3 Å². The monoisotopic (exact) mass is 535 g/mol. The van der Waals surface area contributed by atoms with E-state index in [9.17, 15) is 33.9 Å². The van der Waals surface area contributed by atoms with E-state index in [0.29, 0.717) is 17.5 Å².